The monoisotopic (exact) mass is 330 g/mol. The number of hydrogen-bond donors (Lipinski definition) is 0. The molecule has 104 valence electrons. The van der Waals surface area contributed by atoms with E-state index in [1.165, 1.54) is 6.39 Å². The third-order valence-corrected chi connectivity index (χ3v) is 3.81. The molecule has 3 rings (SSSR count). The first-order valence-corrected chi connectivity index (χ1v) is 7.13. The zero-order valence-corrected chi connectivity index (χ0v) is 12.5. The van der Waals surface area contributed by atoms with Crippen molar-refractivity contribution in [1.29, 1.82) is 0 Å². The van der Waals surface area contributed by atoms with Crippen molar-refractivity contribution in [2.45, 2.75) is 13.0 Å². The van der Waals surface area contributed by atoms with E-state index in [1.807, 2.05) is 4.57 Å². The molecule has 2 aromatic heterocycles. The summed E-state index contributed by atoms with van der Waals surface area (Å²) in [4.78, 5) is 8.55. The number of fused-ring (bicyclic) bond motifs is 1. The maximum Gasteiger partial charge on any atom is 0.213 e. The second kappa shape index (κ2) is 5.60. The normalized spacial score (nSPS) is 11.3. The molecule has 0 amide bonds. The second-order valence-corrected chi connectivity index (χ2v) is 5.35. The maximum atomic E-state index is 6.08. The SMILES string of the molecule is ClCCc1nc2cc(Cl)c(Cl)cc2n1Cc1ncon1. The highest BCUT2D eigenvalue weighted by molar-refractivity contribution is 6.42. The van der Waals surface area contributed by atoms with Gasteiger partial charge in [0.15, 0.2) is 5.82 Å². The fraction of sp³-hybridized carbons (Fsp3) is 0.250. The van der Waals surface area contributed by atoms with Crippen LogP contribution in [0.1, 0.15) is 11.6 Å². The van der Waals surface area contributed by atoms with Gasteiger partial charge in [0.25, 0.3) is 0 Å². The predicted octanol–water partition coefficient (Wildman–Crippen LogP) is 3.56. The van der Waals surface area contributed by atoms with Gasteiger partial charge >= 0.3 is 0 Å². The van der Waals surface area contributed by atoms with E-state index in [2.05, 4.69) is 15.1 Å². The van der Waals surface area contributed by atoms with Crippen molar-refractivity contribution in [3.05, 3.63) is 40.2 Å². The summed E-state index contributed by atoms with van der Waals surface area (Å²) in [6, 6.07) is 3.52. The van der Waals surface area contributed by atoms with Gasteiger partial charge in [0, 0.05) is 12.3 Å². The molecule has 0 saturated heterocycles. The van der Waals surface area contributed by atoms with E-state index in [0.717, 1.165) is 16.9 Å². The number of imidazole rings is 1. The minimum absolute atomic E-state index is 0.442. The minimum Gasteiger partial charge on any atom is -0.343 e. The van der Waals surface area contributed by atoms with E-state index >= 15 is 0 Å². The van der Waals surface area contributed by atoms with Gasteiger partial charge in [-0.2, -0.15) is 4.98 Å². The number of alkyl halides is 1. The summed E-state index contributed by atoms with van der Waals surface area (Å²) in [5, 5.41) is 4.76. The topological polar surface area (TPSA) is 56.7 Å². The van der Waals surface area contributed by atoms with Crippen molar-refractivity contribution >= 4 is 45.8 Å². The van der Waals surface area contributed by atoms with E-state index in [0.29, 0.717) is 34.7 Å². The molecule has 0 bridgehead atoms. The van der Waals surface area contributed by atoms with Crippen LogP contribution in [-0.4, -0.2) is 25.6 Å². The Kier molecular flexibility index (Phi) is 3.83. The minimum atomic E-state index is 0.442. The van der Waals surface area contributed by atoms with Crippen molar-refractivity contribution in [3.63, 3.8) is 0 Å². The van der Waals surface area contributed by atoms with Crippen LogP contribution in [0.2, 0.25) is 10.0 Å². The summed E-state index contributed by atoms with van der Waals surface area (Å²) in [5.74, 6) is 1.86. The van der Waals surface area contributed by atoms with Crippen LogP contribution in [-0.2, 0) is 13.0 Å². The molecule has 0 spiro atoms. The molecule has 0 N–H and O–H groups in total. The van der Waals surface area contributed by atoms with Gasteiger partial charge in [0.1, 0.15) is 5.82 Å². The van der Waals surface area contributed by atoms with E-state index in [-0.39, 0.29) is 0 Å². The highest BCUT2D eigenvalue weighted by Gasteiger charge is 2.14. The number of halogens is 3. The lowest BCUT2D eigenvalue weighted by molar-refractivity contribution is 0.408. The summed E-state index contributed by atoms with van der Waals surface area (Å²) < 4.78 is 6.71. The summed E-state index contributed by atoms with van der Waals surface area (Å²) in [6.45, 7) is 0.442. The Hall–Kier alpha value is -1.30. The van der Waals surface area contributed by atoms with Gasteiger partial charge in [-0.15, -0.1) is 11.6 Å². The third-order valence-electron chi connectivity index (χ3n) is 2.89. The van der Waals surface area contributed by atoms with E-state index in [4.69, 9.17) is 39.3 Å². The molecule has 0 saturated carbocycles. The lowest BCUT2D eigenvalue weighted by Crippen LogP contribution is -2.07. The summed E-state index contributed by atoms with van der Waals surface area (Å²) >= 11 is 17.9. The Balaban J connectivity index is 2.15. The van der Waals surface area contributed by atoms with Gasteiger partial charge in [0.05, 0.1) is 27.6 Å². The molecule has 0 fully saturated rings. The van der Waals surface area contributed by atoms with Crippen LogP contribution in [0.4, 0.5) is 0 Å². The molecule has 2 heterocycles. The Morgan fingerprint density at radius 2 is 2.00 bits per heavy atom. The molecule has 0 aliphatic rings. The first-order valence-electron chi connectivity index (χ1n) is 5.84. The van der Waals surface area contributed by atoms with E-state index < -0.39 is 0 Å². The summed E-state index contributed by atoms with van der Waals surface area (Å²) in [5.41, 5.74) is 1.63. The average molecular weight is 332 g/mol. The molecule has 1 aromatic carbocycles. The van der Waals surface area contributed by atoms with Gasteiger partial charge in [-0.1, -0.05) is 28.4 Å². The Morgan fingerprint density at radius 3 is 2.70 bits per heavy atom. The van der Waals surface area contributed by atoms with Crippen LogP contribution in [0, 0.1) is 0 Å². The lowest BCUT2D eigenvalue weighted by Gasteiger charge is -2.05. The standard InChI is InChI=1S/C12H9Cl3N4O/c13-2-1-12-17-9-3-7(14)8(15)4-10(9)19(12)5-11-16-6-20-18-11/h3-4,6H,1-2,5H2. The molecule has 20 heavy (non-hydrogen) atoms. The molecule has 0 aliphatic carbocycles. The number of rotatable bonds is 4. The van der Waals surface area contributed by atoms with Crippen LogP contribution in [0.5, 0.6) is 0 Å². The third kappa shape index (κ3) is 2.49. The number of aromatic nitrogens is 4. The Morgan fingerprint density at radius 1 is 1.20 bits per heavy atom. The van der Waals surface area contributed by atoms with Crippen molar-refractivity contribution in [2.75, 3.05) is 5.88 Å². The van der Waals surface area contributed by atoms with Crippen molar-refractivity contribution < 1.29 is 4.52 Å². The largest absolute Gasteiger partial charge is 0.343 e. The molecular weight excluding hydrogens is 323 g/mol. The highest BCUT2D eigenvalue weighted by atomic mass is 35.5. The van der Waals surface area contributed by atoms with Crippen molar-refractivity contribution in [3.8, 4) is 0 Å². The van der Waals surface area contributed by atoms with Gasteiger partial charge in [-0.3, -0.25) is 0 Å². The van der Waals surface area contributed by atoms with Crippen molar-refractivity contribution in [1.82, 2.24) is 19.7 Å². The second-order valence-electron chi connectivity index (χ2n) is 4.16. The van der Waals surface area contributed by atoms with Gasteiger partial charge < -0.3 is 9.09 Å². The van der Waals surface area contributed by atoms with E-state index in [9.17, 15) is 0 Å². The molecular formula is C12H9Cl3N4O. The van der Waals surface area contributed by atoms with Gasteiger partial charge in [0.2, 0.25) is 6.39 Å². The van der Waals surface area contributed by atoms with Crippen LogP contribution in [0.25, 0.3) is 11.0 Å². The zero-order valence-electron chi connectivity index (χ0n) is 10.2. The molecule has 0 unspecified atom stereocenters. The average Bonchev–Trinajstić information content (AvgIpc) is 3.02. The maximum absolute atomic E-state index is 6.08. The predicted molar refractivity (Wildman–Crippen MR) is 77.6 cm³/mol. The van der Waals surface area contributed by atoms with Crippen molar-refractivity contribution in [2.24, 2.45) is 0 Å². The first kappa shape index (κ1) is 13.7. The van der Waals surface area contributed by atoms with E-state index in [1.54, 1.807) is 12.1 Å². The molecule has 0 aliphatic heterocycles. The smallest absolute Gasteiger partial charge is 0.213 e. The zero-order chi connectivity index (χ0) is 14.1. The van der Waals surface area contributed by atoms with Crippen LogP contribution < -0.4 is 0 Å². The van der Waals surface area contributed by atoms with Crippen LogP contribution >= 0.6 is 34.8 Å². The molecule has 5 nitrogen and oxygen atoms in total. The summed E-state index contributed by atoms with van der Waals surface area (Å²) in [7, 11) is 0. The molecule has 0 atom stereocenters. The quantitative estimate of drug-likeness (QED) is 0.686. The fourth-order valence-electron chi connectivity index (χ4n) is 2.03. The van der Waals surface area contributed by atoms with Crippen LogP contribution in [0.3, 0.4) is 0 Å². The number of hydrogen-bond acceptors (Lipinski definition) is 4. The number of aryl methyl sites for hydroxylation is 1. The number of nitrogens with zero attached hydrogens (tertiary/aromatic N) is 4. The summed E-state index contributed by atoms with van der Waals surface area (Å²) in [6.07, 6.45) is 1.92. The Labute approximate surface area is 129 Å². The Bertz CT molecular complexity index is 739. The lowest BCUT2D eigenvalue weighted by atomic mass is 10.3. The molecule has 0 radical (unpaired) electrons. The van der Waals surface area contributed by atoms with Crippen LogP contribution in [0.15, 0.2) is 23.0 Å². The van der Waals surface area contributed by atoms with Gasteiger partial charge in [-0.05, 0) is 12.1 Å². The molecule has 3 aromatic rings. The fourth-order valence-corrected chi connectivity index (χ4v) is 2.51. The van der Waals surface area contributed by atoms with Gasteiger partial charge in [-0.25, -0.2) is 4.98 Å². The first-order chi connectivity index (χ1) is 9.69. The molecule has 8 heteroatoms. The number of benzene rings is 1. The highest BCUT2D eigenvalue weighted by Crippen LogP contribution is 2.28.